The van der Waals surface area contributed by atoms with Crippen molar-refractivity contribution in [3.63, 3.8) is 0 Å². The number of hydrogen-bond acceptors (Lipinski definition) is 4. The highest BCUT2D eigenvalue weighted by atomic mass is 35.5. The molecule has 0 saturated heterocycles. The van der Waals surface area contributed by atoms with E-state index in [0.29, 0.717) is 29.4 Å². The van der Waals surface area contributed by atoms with Gasteiger partial charge in [0.1, 0.15) is 11.4 Å². The van der Waals surface area contributed by atoms with Gasteiger partial charge in [-0.3, -0.25) is 10.0 Å². The Labute approximate surface area is 176 Å². The van der Waals surface area contributed by atoms with Gasteiger partial charge in [0.2, 0.25) is 18.3 Å². The predicted octanol–water partition coefficient (Wildman–Crippen LogP) is 4.12. The molecule has 0 spiro atoms. The number of anilines is 1. The van der Waals surface area contributed by atoms with E-state index in [2.05, 4.69) is 5.10 Å². The maximum Gasteiger partial charge on any atom is 0.389 e. The first-order chi connectivity index (χ1) is 13.6. The average molecular weight is 452 g/mol. The number of carbonyl (C=O) groups is 1. The summed E-state index contributed by atoms with van der Waals surface area (Å²) in [6.07, 6.45) is -0.441. The van der Waals surface area contributed by atoms with Crippen LogP contribution in [0.4, 0.5) is 18.9 Å². The monoisotopic (exact) mass is 451 g/mol. The van der Waals surface area contributed by atoms with E-state index in [1.54, 1.807) is 32.2 Å². The van der Waals surface area contributed by atoms with Gasteiger partial charge in [-0.25, -0.2) is 4.68 Å². The Hall–Kier alpha value is -1.94. The minimum absolute atomic E-state index is 0.0348. The van der Waals surface area contributed by atoms with Crippen molar-refractivity contribution < 1.29 is 27.9 Å². The number of pyridine rings is 1. The number of hydrogen-bond donors (Lipinski definition) is 1. The van der Waals surface area contributed by atoms with E-state index in [9.17, 15) is 23.2 Å². The molecule has 11 heteroatoms. The number of aromatic nitrogens is 3. The van der Waals surface area contributed by atoms with Crippen LogP contribution in [0.25, 0.3) is 5.69 Å². The fourth-order valence-electron chi connectivity index (χ4n) is 2.66. The first-order valence-corrected chi connectivity index (χ1v) is 10.6. The predicted molar refractivity (Wildman–Crippen MR) is 106 cm³/mol. The highest BCUT2D eigenvalue weighted by molar-refractivity contribution is 7.99. The molecule has 1 amide bonds. The zero-order valence-corrected chi connectivity index (χ0v) is 17.6. The van der Waals surface area contributed by atoms with E-state index in [4.69, 9.17) is 11.6 Å². The van der Waals surface area contributed by atoms with Crippen LogP contribution in [0.5, 0.6) is 0 Å². The molecule has 29 heavy (non-hydrogen) atoms. The third-order valence-electron chi connectivity index (χ3n) is 4.10. The van der Waals surface area contributed by atoms with E-state index in [-0.39, 0.29) is 23.4 Å². The van der Waals surface area contributed by atoms with Gasteiger partial charge in [-0.05, 0) is 25.2 Å². The minimum atomic E-state index is -4.15. The van der Waals surface area contributed by atoms with Crippen LogP contribution in [0.1, 0.15) is 26.7 Å². The number of thioether (sulfide) groups is 1. The van der Waals surface area contributed by atoms with Crippen LogP contribution in [-0.2, 0) is 4.79 Å². The highest BCUT2D eigenvalue weighted by Gasteiger charge is 2.27. The van der Waals surface area contributed by atoms with Crippen molar-refractivity contribution in [3.8, 4) is 5.69 Å². The Morgan fingerprint density at radius 3 is 2.83 bits per heavy atom. The van der Waals surface area contributed by atoms with Crippen LogP contribution >= 0.6 is 23.4 Å². The van der Waals surface area contributed by atoms with Crippen molar-refractivity contribution >= 4 is 35.0 Å². The maximum absolute atomic E-state index is 12.8. The highest BCUT2D eigenvalue weighted by Crippen LogP contribution is 2.28. The Balaban J connectivity index is 2.02. The van der Waals surface area contributed by atoms with Crippen molar-refractivity contribution in [2.75, 3.05) is 23.0 Å². The molecule has 0 aliphatic rings. The molecule has 0 bridgehead atoms. The van der Waals surface area contributed by atoms with Gasteiger partial charge in [0.15, 0.2) is 5.15 Å². The molecule has 1 unspecified atom stereocenters. The number of rotatable bonds is 9. The van der Waals surface area contributed by atoms with E-state index in [0.717, 1.165) is 4.73 Å². The number of nitrogens with zero attached hydrogens (tertiary/aromatic N) is 4. The van der Waals surface area contributed by atoms with Gasteiger partial charge in [0, 0.05) is 35.4 Å². The van der Waals surface area contributed by atoms with Crippen molar-refractivity contribution in [1.82, 2.24) is 9.78 Å². The number of alkyl halides is 3. The van der Waals surface area contributed by atoms with E-state index >= 15 is 0 Å². The second kappa shape index (κ2) is 10.2. The van der Waals surface area contributed by atoms with Gasteiger partial charge >= 0.3 is 6.18 Å². The van der Waals surface area contributed by atoms with Gasteiger partial charge in [-0.15, -0.1) is 0 Å². The maximum atomic E-state index is 12.8. The average Bonchev–Trinajstić information content (AvgIpc) is 3.02. The fraction of sp³-hybridized carbons (Fsp3) is 0.500. The van der Waals surface area contributed by atoms with E-state index in [1.165, 1.54) is 33.7 Å². The number of halogens is 4. The van der Waals surface area contributed by atoms with Crippen LogP contribution in [-0.4, -0.2) is 45.1 Å². The molecular weight excluding hydrogens is 429 g/mol. The second-order valence-electron chi connectivity index (χ2n) is 6.47. The Bertz CT molecular complexity index is 832. The normalized spacial score (nSPS) is 12.8. The first kappa shape index (κ1) is 23.3. The lowest BCUT2D eigenvalue weighted by molar-refractivity contribution is -0.904. The molecule has 2 heterocycles. The molecular formula is C18H23ClF3N4O2S+. The molecule has 0 radical (unpaired) electrons. The summed E-state index contributed by atoms with van der Waals surface area (Å²) in [5, 5.41) is 13.9. The summed E-state index contributed by atoms with van der Waals surface area (Å²) in [6, 6.07) is 3.35. The molecule has 0 saturated carbocycles. The van der Waals surface area contributed by atoms with Gasteiger partial charge in [-0.1, -0.05) is 18.5 Å². The zero-order chi connectivity index (χ0) is 21.6. The lowest BCUT2D eigenvalue weighted by atomic mass is 10.2. The Kier molecular flexibility index (Phi) is 8.21. The lowest BCUT2D eigenvalue weighted by Crippen LogP contribution is -2.36. The fourth-order valence-corrected chi connectivity index (χ4v) is 3.90. The van der Waals surface area contributed by atoms with Gasteiger partial charge < -0.3 is 4.90 Å². The molecule has 0 aromatic carbocycles. The summed E-state index contributed by atoms with van der Waals surface area (Å²) in [7, 11) is 0. The Morgan fingerprint density at radius 1 is 1.48 bits per heavy atom. The number of amides is 1. The topological polar surface area (TPSA) is 62.2 Å². The van der Waals surface area contributed by atoms with Crippen LogP contribution in [0.15, 0.2) is 30.7 Å². The molecule has 0 aliphatic carbocycles. The second-order valence-corrected chi connectivity index (χ2v) is 7.98. The molecule has 0 aliphatic heterocycles. The van der Waals surface area contributed by atoms with Crippen molar-refractivity contribution in [1.29, 1.82) is 0 Å². The lowest BCUT2D eigenvalue weighted by Gasteiger charge is -2.23. The standard InChI is InChI=1S/C18H23ClF3N4O2S/c1-3-25(17(27)13(2)12-29-9-5-7-18(20,21)22)15-11-26(23-16(15)19)14-6-4-8-24(28)10-14/h4,6,8,10-11,13,28H,3,5,7,9,12H2,1-2H3/q+1. The van der Waals surface area contributed by atoms with Gasteiger partial charge in [-0.2, -0.15) is 30.0 Å². The zero-order valence-electron chi connectivity index (χ0n) is 16.1. The summed E-state index contributed by atoms with van der Waals surface area (Å²) in [5.41, 5.74) is 0.987. The first-order valence-electron chi connectivity index (χ1n) is 9.04. The van der Waals surface area contributed by atoms with Gasteiger partial charge in [0.05, 0.1) is 6.20 Å². The molecule has 2 rings (SSSR count). The van der Waals surface area contributed by atoms with E-state index < -0.39 is 12.6 Å². The third-order valence-corrected chi connectivity index (χ3v) is 5.68. The van der Waals surface area contributed by atoms with Crippen molar-refractivity contribution in [2.45, 2.75) is 32.9 Å². The molecule has 0 fully saturated rings. The molecule has 2 aromatic heterocycles. The SMILES string of the molecule is CCN(C(=O)C(C)CSCCCC(F)(F)F)c1cn(-c2ccc[n+](O)c2)nc1Cl. The van der Waals surface area contributed by atoms with Crippen molar-refractivity contribution in [3.05, 3.63) is 35.9 Å². The van der Waals surface area contributed by atoms with Crippen LogP contribution in [0, 0.1) is 5.92 Å². The molecule has 2 aromatic rings. The van der Waals surface area contributed by atoms with Crippen LogP contribution < -0.4 is 9.63 Å². The summed E-state index contributed by atoms with van der Waals surface area (Å²) >= 11 is 7.57. The summed E-state index contributed by atoms with van der Waals surface area (Å²) in [6.45, 7) is 3.91. The largest absolute Gasteiger partial charge is 0.389 e. The third kappa shape index (κ3) is 6.81. The van der Waals surface area contributed by atoms with Crippen LogP contribution in [0.3, 0.4) is 0 Å². The number of carbonyl (C=O) groups excluding carboxylic acids is 1. The summed E-state index contributed by atoms with van der Waals surface area (Å²) in [4.78, 5) is 14.3. The molecule has 1 atom stereocenters. The van der Waals surface area contributed by atoms with Gasteiger partial charge in [0.25, 0.3) is 0 Å². The molecule has 6 nitrogen and oxygen atoms in total. The van der Waals surface area contributed by atoms with Crippen molar-refractivity contribution in [2.24, 2.45) is 5.92 Å². The quantitative estimate of drug-likeness (QED) is 0.354. The smallest absolute Gasteiger partial charge is 0.308 e. The summed E-state index contributed by atoms with van der Waals surface area (Å²) in [5.74, 6) is 0.198. The molecule has 1 N–H and O–H groups in total. The Morgan fingerprint density at radius 2 is 2.21 bits per heavy atom. The molecule has 160 valence electrons. The van der Waals surface area contributed by atoms with E-state index in [1.807, 2.05) is 0 Å². The minimum Gasteiger partial charge on any atom is -0.308 e. The summed E-state index contributed by atoms with van der Waals surface area (Å²) < 4.78 is 38.9. The van der Waals surface area contributed by atoms with Crippen LogP contribution in [0.2, 0.25) is 5.15 Å².